The average Bonchev–Trinajstić information content (AvgIpc) is 2.83. The van der Waals surface area contributed by atoms with Crippen LogP contribution in [0.5, 0.6) is 0 Å². The number of hydrogen-bond acceptors (Lipinski definition) is 6. The molecule has 0 saturated carbocycles. The van der Waals surface area contributed by atoms with Crippen LogP contribution in [0, 0.1) is 11.3 Å². The summed E-state index contributed by atoms with van der Waals surface area (Å²) in [5, 5.41) is 8.91. The van der Waals surface area contributed by atoms with Crippen LogP contribution in [0.2, 0.25) is 5.15 Å². The minimum atomic E-state index is -3.21. The normalized spacial score (nSPS) is 14.9. The van der Waals surface area contributed by atoms with Crippen molar-refractivity contribution >= 4 is 40.8 Å². The maximum atomic E-state index is 14.5. The zero-order valence-electron chi connectivity index (χ0n) is 12.8. The molecule has 10 heteroatoms. The molecule has 0 fully saturated rings. The van der Waals surface area contributed by atoms with Crippen LogP contribution in [0.15, 0.2) is 28.1 Å². The topological polar surface area (TPSA) is 95.9 Å². The monoisotopic (exact) mass is 381 g/mol. The molecule has 128 valence electrons. The summed E-state index contributed by atoms with van der Waals surface area (Å²) in [5.41, 5.74) is 5.46. The van der Waals surface area contributed by atoms with Crippen molar-refractivity contribution in [1.29, 1.82) is 5.26 Å². The summed E-state index contributed by atoms with van der Waals surface area (Å²) < 4.78 is 28.9. The van der Waals surface area contributed by atoms with Crippen molar-refractivity contribution in [3.8, 4) is 6.07 Å². The lowest BCUT2D eigenvalue weighted by atomic mass is 10.1. The van der Waals surface area contributed by atoms with Gasteiger partial charge < -0.3 is 10.6 Å². The number of anilines is 2. The van der Waals surface area contributed by atoms with Gasteiger partial charge in [-0.3, -0.25) is 4.79 Å². The van der Waals surface area contributed by atoms with Gasteiger partial charge in [0.15, 0.2) is 16.7 Å². The van der Waals surface area contributed by atoms with Crippen LogP contribution in [-0.2, 0) is 10.7 Å². The number of nitrogens with two attached hydrogens (primary N) is 1. The lowest BCUT2D eigenvalue weighted by Crippen LogP contribution is -2.30. The summed E-state index contributed by atoms with van der Waals surface area (Å²) in [6.45, 7) is 0.507. The second-order valence-electron chi connectivity index (χ2n) is 5.23. The van der Waals surface area contributed by atoms with Crippen LogP contribution in [-0.4, -0.2) is 22.4 Å². The molecule has 1 aliphatic heterocycles. The Morgan fingerprint density at radius 1 is 1.48 bits per heavy atom. The van der Waals surface area contributed by atoms with Crippen LogP contribution in [0.1, 0.15) is 18.2 Å². The first kappa shape index (κ1) is 17.4. The number of nitrogen functional groups attached to an aromatic ring is 1. The van der Waals surface area contributed by atoms with Gasteiger partial charge in [-0.2, -0.15) is 14.0 Å². The Hall–Kier alpha value is -2.44. The van der Waals surface area contributed by atoms with Gasteiger partial charge >= 0.3 is 0 Å². The molecule has 1 aromatic carbocycles. The van der Waals surface area contributed by atoms with Gasteiger partial charge in [0.05, 0.1) is 17.8 Å². The van der Waals surface area contributed by atoms with Gasteiger partial charge in [0.1, 0.15) is 11.1 Å². The third-order valence-electron chi connectivity index (χ3n) is 3.56. The van der Waals surface area contributed by atoms with Crippen molar-refractivity contribution in [2.75, 3.05) is 17.2 Å². The number of halogens is 3. The first-order chi connectivity index (χ1) is 11.7. The maximum absolute atomic E-state index is 14.5. The molecule has 0 radical (unpaired) electrons. The second kappa shape index (κ2) is 6.13. The van der Waals surface area contributed by atoms with E-state index in [2.05, 4.69) is 9.97 Å². The molecule has 2 aromatic rings. The zero-order chi connectivity index (χ0) is 18.4. The number of nitriles is 1. The van der Waals surface area contributed by atoms with Crippen LogP contribution >= 0.6 is 23.4 Å². The molecule has 0 saturated heterocycles. The summed E-state index contributed by atoms with van der Waals surface area (Å²) in [7, 11) is 0. The number of rotatable bonds is 2. The number of benzene rings is 1. The molecule has 3 rings (SSSR count). The van der Waals surface area contributed by atoms with E-state index in [-0.39, 0.29) is 37.8 Å². The van der Waals surface area contributed by atoms with E-state index in [9.17, 15) is 13.6 Å². The Bertz CT molecular complexity index is 931. The smallest absolute Gasteiger partial charge is 0.293 e. The molecule has 25 heavy (non-hydrogen) atoms. The first-order valence-electron chi connectivity index (χ1n) is 6.95. The van der Waals surface area contributed by atoms with Crippen molar-refractivity contribution in [3.05, 3.63) is 34.6 Å². The quantitative estimate of drug-likeness (QED) is 0.858. The molecule has 0 unspecified atom stereocenters. The molecule has 1 aliphatic rings. The standard InChI is InChI=1S/C15H10ClF2N5OS/c1-7(24)23-6-15(17,18)11-9(23)3-2-4-10(11)25-14-13(20)22-12(16)8(5-19)21-14/h2-4H,6H2,1H3,(H2,20,22). The molecule has 2 heterocycles. The van der Waals surface area contributed by atoms with Crippen LogP contribution in [0.3, 0.4) is 0 Å². The number of carbonyl (C=O) groups excluding carboxylic acids is 1. The van der Waals surface area contributed by atoms with Crippen molar-refractivity contribution < 1.29 is 13.6 Å². The number of fused-ring (bicyclic) bond motifs is 1. The van der Waals surface area contributed by atoms with E-state index >= 15 is 0 Å². The minimum Gasteiger partial charge on any atom is -0.381 e. The van der Waals surface area contributed by atoms with Gasteiger partial charge in [-0.25, -0.2) is 9.97 Å². The van der Waals surface area contributed by atoms with Crippen molar-refractivity contribution in [3.63, 3.8) is 0 Å². The Kier molecular flexibility index (Phi) is 4.26. The highest BCUT2D eigenvalue weighted by molar-refractivity contribution is 7.99. The average molecular weight is 382 g/mol. The lowest BCUT2D eigenvalue weighted by molar-refractivity contribution is -0.117. The number of carbonyl (C=O) groups is 1. The molecule has 0 atom stereocenters. The van der Waals surface area contributed by atoms with E-state index in [1.165, 1.54) is 19.1 Å². The van der Waals surface area contributed by atoms with Gasteiger partial charge in [0.25, 0.3) is 5.92 Å². The zero-order valence-corrected chi connectivity index (χ0v) is 14.3. The molecule has 0 spiro atoms. The predicted octanol–water partition coefficient (Wildman–Crippen LogP) is 3.19. The summed E-state index contributed by atoms with van der Waals surface area (Å²) in [5.74, 6) is -3.76. The molecule has 0 bridgehead atoms. The molecule has 6 nitrogen and oxygen atoms in total. The SMILES string of the molecule is CC(=O)N1CC(F)(F)c2c(Sc3nc(C#N)c(Cl)nc3N)cccc21. The van der Waals surface area contributed by atoms with Gasteiger partial charge in [0.2, 0.25) is 5.91 Å². The van der Waals surface area contributed by atoms with E-state index in [4.69, 9.17) is 22.6 Å². The van der Waals surface area contributed by atoms with Crippen LogP contribution < -0.4 is 10.6 Å². The summed E-state index contributed by atoms with van der Waals surface area (Å²) in [4.78, 5) is 20.6. The van der Waals surface area contributed by atoms with E-state index in [0.717, 1.165) is 16.7 Å². The predicted molar refractivity (Wildman–Crippen MR) is 88.7 cm³/mol. The molecule has 1 amide bonds. The maximum Gasteiger partial charge on any atom is 0.293 e. The Balaban J connectivity index is 2.10. The fourth-order valence-electron chi connectivity index (χ4n) is 2.50. The van der Waals surface area contributed by atoms with E-state index in [1.54, 1.807) is 12.1 Å². The van der Waals surface area contributed by atoms with Crippen molar-refractivity contribution in [2.45, 2.75) is 22.8 Å². The second-order valence-corrected chi connectivity index (χ2v) is 6.62. The van der Waals surface area contributed by atoms with Gasteiger partial charge in [0, 0.05) is 11.8 Å². The number of aromatic nitrogens is 2. The lowest BCUT2D eigenvalue weighted by Gasteiger charge is -2.14. The first-order valence-corrected chi connectivity index (χ1v) is 8.14. The summed E-state index contributed by atoms with van der Waals surface area (Å²) in [6, 6.07) is 6.26. The highest BCUT2D eigenvalue weighted by Gasteiger charge is 2.47. The van der Waals surface area contributed by atoms with Crippen molar-refractivity contribution in [2.24, 2.45) is 0 Å². The third-order valence-corrected chi connectivity index (χ3v) is 4.87. The van der Waals surface area contributed by atoms with Crippen molar-refractivity contribution in [1.82, 2.24) is 9.97 Å². The minimum absolute atomic E-state index is 0.0728. The van der Waals surface area contributed by atoms with E-state index < -0.39 is 18.4 Å². The largest absolute Gasteiger partial charge is 0.381 e. The summed E-state index contributed by atoms with van der Waals surface area (Å²) in [6.07, 6.45) is 0. The number of hydrogen-bond donors (Lipinski definition) is 1. The van der Waals surface area contributed by atoms with Crippen LogP contribution in [0.4, 0.5) is 20.3 Å². The Morgan fingerprint density at radius 2 is 2.20 bits per heavy atom. The van der Waals surface area contributed by atoms with Gasteiger partial charge in [-0.15, -0.1) is 0 Å². The van der Waals surface area contributed by atoms with E-state index in [1.807, 2.05) is 0 Å². The highest BCUT2D eigenvalue weighted by Crippen LogP contribution is 2.49. The Labute approximate surface area is 150 Å². The Morgan fingerprint density at radius 3 is 2.84 bits per heavy atom. The number of amides is 1. The van der Waals surface area contributed by atoms with Crippen LogP contribution in [0.25, 0.3) is 0 Å². The van der Waals surface area contributed by atoms with Gasteiger partial charge in [-0.1, -0.05) is 29.4 Å². The molecule has 2 N–H and O–H groups in total. The highest BCUT2D eigenvalue weighted by atomic mass is 35.5. The number of nitrogens with zero attached hydrogens (tertiary/aromatic N) is 4. The molecular formula is C15H10ClF2N5OS. The number of alkyl halides is 2. The fraction of sp³-hybridized carbons (Fsp3) is 0.200. The third kappa shape index (κ3) is 2.99. The molecular weight excluding hydrogens is 372 g/mol. The van der Waals surface area contributed by atoms with E-state index in [0.29, 0.717) is 0 Å². The van der Waals surface area contributed by atoms with Gasteiger partial charge in [-0.05, 0) is 12.1 Å². The molecule has 0 aliphatic carbocycles. The summed E-state index contributed by atoms with van der Waals surface area (Å²) >= 11 is 6.60. The molecule has 1 aromatic heterocycles. The fourth-order valence-corrected chi connectivity index (χ4v) is 3.68.